The maximum atomic E-state index is 12.6. The van der Waals surface area contributed by atoms with Crippen molar-refractivity contribution >= 4 is 15.7 Å². The average molecular weight is 403 g/mol. The molecule has 1 aliphatic rings. The van der Waals surface area contributed by atoms with Gasteiger partial charge in [-0.15, -0.1) is 0 Å². The summed E-state index contributed by atoms with van der Waals surface area (Å²) >= 11 is 0. The second-order valence-electron chi connectivity index (χ2n) is 7.31. The van der Waals surface area contributed by atoms with Crippen LogP contribution in [0.1, 0.15) is 50.5 Å². The Morgan fingerprint density at radius 1 is 1.25 bits per heavy atom. The quantitative estimate of drug-likeness (QED) is 0.662. The van der Waals surface area contributed by atoms with Gasteiger partial charge in [0.2, 0.25) is 10.0 Å². The molecule has 28 heavy (non-hydrogen) atoms. The molecule has 3 rings (SSSR count). The molecule has 2 N–H and O–H groups in total. The average Bonchev–Trinajstić information content (AvgIpc) is 3.25. The van der Waals surface area contributed by atoms with Crippen molar-refractivity contribution in [3.8, 4) is 5.75 Å². The van der Waals surface area contributed by atoms with E-state index in [-0.39, 0.29) is 11.2 Å². The van der Waals surface area contributed by atoms with Gasteiger partial charge in [0.15, 0.2) is 0 Å². The Labute approximate surface area is 167 Å². The second kappa shape index (κ2) is 9.43. The van der Waals surface area contributed by atoms with E-state index in [9.17, 15) is 13.5 Å². The van der Waals surface area contributed by atoms with Gasteiger partial charge in [0.25, 0.3) is 0 Å². The van der Waals surface area contributed by atoms with Crippen molar-refractivity contribution in [1.29, 1.82) is 0 Å². The highest BCUT2D eigenvalue weighted by Gasteiger charge is 2.29. The van der Waals surface area contributed by atoms with Crippen LogP contribution in [0.5, 0.6) is 5.75 Å². The molecule has 0 bridgehead atoms. The topological polar surface area (TPSA) is 75.6 Å². The SMILES string of the molecule is CCC(O)C(COc1c[c]ccc1)c1cccc(NS(=O)(=O)C2CCCC2)c1. The lowest BCUT2D eigenvalue weighted by molar-refractivity contribution is 0.110. The first-order valence-electron chi connectivity index (χ1n) is 9.88. The van der Waals surface area contributed by atoms with Crippen LogP contribution < -0.4 is 9.46 Å². The fourth-order valence-corrected chi connectivity index (χ4v) is 5.22. The minimum absolute atomic E-state index is 0.263. The van der Waals surface area contributed by atoms with E-state index in [1.165, 1.54) is 0 Å². The van der Waals surface area contributed by atoms with E-state index in [0.717, 1.165) is 18.4 Å². The van der Waals surface area contributed by atoms with E-state index < -0.39 is 16.1 Å². The normalized spacial score (nSPS) is 17.2. The highest BCUT2D eigenvalue weighted by molar-refractivity contribution is 7.93. The first-order valence-corrected chi connectivity index (χ1v) is 11.4. The predicted molar refractivity (Wildman–Crippen MR) is 111 cm³/mol. The third-order valence-corrected chi connectivity index (χ3v) is 7.18. The minimum atomic E-state index is -3.38. The number of sulfonamides is 1. The van der Waals surface area contributed by atoms with Gasteiger partial charge in [0, 0.05) is 11.6 Å². The minimum Gasteiger partial charge on any atom is -0.493 e. The van der Waals surface area contributed by atoms with Crippen LogP contribution in [0.4, 0.5) is 5.69 Å². The molecule has 1 fully saturated rings. The number of rotatable bonds is 9. The lowest BCUT2D eigenvalue weighted by Gasteiger charge is -2.23. The van der Waals surface area contributed by atoms with E-state index in [2.05, 4.69) is 10.8 Å². The summed E-state index contributed by atoms with van der Waals surface area (Å²) in [5.41, 5.74) is 1.38. The van der Waals surface area contributed by atoms with Crippen molar-refractivity contribution in [2.75, 3.05) is 11.3 Å². The number of hydrogen-bond donors (Lipinski definition) is 2. The third-order valence-electron chi connectivity index (χ3n) is 5.31. The molecule has 0 aromatic heterocycles. The number of ether oxygens (including phenoxy) is 1. The predicted octanol–water partition coefficient (Wildman–Crippen LogP) is 4.10. The molecule has 1 radical (unpaired) electrons. The molecular weight excluding hydrogens is 374 g/mol. The van der Waals surface area contributed by atoms with E-state index in [1.54, 1.807) is 24.3 Å². The molecule has 2 atom stereocenters. The van der Waals surface area contributed by atoms with Crippen LogP contribution in [-0.2, 0) is 10.0 Å². The van der Waals surface area contributed by atoms with Gasteiger partial charge < -0.3 is 9.84 Å². The Morgan fingerprint density at radius 2 is 2.04 bits per heavy atom. The molecular formula is C22H28NO4S. The van der Waals surface area contributed by atoms with Gasteiger partial charge in [0.05, 0.1) is 18.0 Å². The molecule has 151 valence electrons. The van der Waals surface area contributed by atoms with Gasteiger partial charge >= 0.3 is 0 Å². The zero-order valence-corrected chi connectivity index (χ0v) is 17.0. The molecule has 1 saturated carbocycles. The number of hydrogen-bond acceptors (Lipinski definition) is 4. The third kappa shape index (κ3) is 5.26. The zero-order chi connectivity index (χ0) is 20.0. The zero-order valence-electron chi connectivity index (χ0n) is 16.2. The van der Waals surface area contributed by atoms with Crippen molar-refractivity contribution in [3.63, 3.8) is 0 Å². The summed E-state index contributed by atoms with van der Waals surface area (Å²) in [4.78, 5) is 0. The van der Waals surface area contributed by atoms with Gasteiger partial charge in [-0.05, 0) is 55.2 Å². The molecule has 0 saturated heterocycles. The van der Waals surface area contributed by atoms with Crippen LogP contribution in [0.3, 0.4) is 0 Å². The van der Waals surface area contributed by atoms with E-state index >= 15 is 0 Å². The molecule has 0 heterocycles. The van der Waals surface area contributed by atoms with Crippen molar-refractivity contribution < 1.29 is 18.3 Å². The van der Waals surface area contributed by atoms with E-state index in [0.29, 0.717) is 37.3 Å². The molecule has 0 aliphatic heterocycles. The number of aliphatic hydroxyl groups is 1. The van der Waals surface area contributed by atoms with Crippen molar-refractivity contribution in [3.05, 3.63) is 60.2 Å². The lowest BCUT2D eigenvalue weighted by Crippen LogP contribution is -2.26. The largest absolute Gasteiger partial charge is 0.493 e. The van der Waals surface area contributed by atoms with Gasteiger partial charge in [-0.3, -0.25) is 4.72 Å². The maximum absolute atomic E-state index is 12.6. The smallest absolute Gasteiger partial charge is 0.235 e. The summed E-state index contributed by atoms with van der Waals surface area (Å²) in [6.45, 7) is 2.21. The van der Waals surface area contributed by atoms with Crippen LogP contribution in [0.2, 0.25) is 0 Å². The Balaban J connectivity index is 1.76. The summed E-state index contributed by atoms with van der Waals surface area (Å²) in [6, 6.07) is 17.5. The monoisotopic (exact) mass is 402 g/mol. The highest BCUT2D eigenvalue weighted by Crippen LogP contribution is 2.29. The Morgan fingerprint density at radius 3 is 2.71 bits per heavy atom. The molecule has 6 heteroatoms. The number of benzene rings is 2. The second-order valence-corrected chi connectivity index (χ2v) is 9.27. The van der Waals surface area contributed by atoms with Crippen LogP contribution in [0, 0.1) is 6.07 Å². The van der Waals surface area contributed by atoms with Crippen LogP contribution in [0.25, 0.3) is 0 Å². The van der Waals surface area contributed by atoms with Crippen LogP contribution in [-0.4, -0.2) is 31.5 Å². The summed E-state index contributed by atoms with van der Waals surface area (Å²) in [7, 11) is -3.38. The molecule has 2 unspecified atom stereocenters. The first kappa shape index (κ1) is 20.7. The Hall–Kier alpha value is -2.05. The summed E-state index contributed by atoms with van der Waals surface area (Å²) in [5.74, 6) is 0.426. The first-order chi connectivity index (χ1) is 13.5. The van der Waals surface area contributed by atoms with Crippen molar-refractivity contribution in [2.45, 2.75) is 56.3 Å². The molecule has 2 aromatic carbocycles. The van der Waals surface area contributed by atoms with Gasteiger partial charge in [-0.2, -0.15) is 0 Å². The fraction of sp³-hybridized carbons (Fsp3) is 0.455. The van der Waals surface area contributed by atoms with E-state index in [4.69, 9.17) is 4.74 Å². The van der Waals surface area contributed by atoms with Gasteiger partial charge in [-0.25, -0.2) is 8.42 Å². The van der Waals surface area contributed by atoms with Crippen LogP contribution in [0.15, 0.2) is 48.5 Å². The number of anilines is 1. The fourth-order valence-electron chi connectivity index (χ4n) is 3.65. The van der Waals surface area contributed by atoms with Crippen molar-refractivity contribution in [1.82, 2.24) is 0 Å². The van der Waals surface area contributed by atoms with Gasteiger partial charge in [0.1, 0.15) is 5.75 Å². The lowest BCUT2D eigenvalue weighted by atomic mass is 9.92. The Kier molecular flexibility index (Phi) is 6.97. The molecule has 1 aliphatic carbocycles. The summed E-state index contributed by atoms with van der Waals surface area (Å²) in [6.07, 6.45) is 3.35. The standard InChI is InChI=1S/C22H28NO4S/c1-2-22(24)21(16-27-19-11-4-3-5-12-19)17-9-8-10-18(15-17)23-28(25,26)20-13-6-7-14-20/h3-4,8-12,15,20-24H,2,6-7,13-14,16H2,1H3. The summed E-state index contributed by atoms with van der Waals surface area (Å²) < 4.78 is 33.8. The van der Waals surface area contributed by atoms with E-state index in [1.807, 2.05) is 31.2 Å². The van der Waals surface area contributed by atoms with Crippen LogP contribution >= 0.6 is 0 Å². The number of nitrogens with one attached hydrogen (secondary N) is 1. The van der Waals surface area contributed by atoms with Gasteiger partial charge in [-0.1, -0.05) is 44.0 Å². The Bertz CT molecular complexity index is 848. The number of aliphatic hydroxyl groups excluding tert-OH is 1. The maximum Gasteiger partial charge on any atom is 0.235 e. The molecule has 5 nitrogen and oxygen atoms in total. The molecule has 2 aromatic rings. The molecule has 0 spiro atoms. The highest BCUT2D eigenvalue weighted by atomic mass is 32.2. The molecule has 0 amide bonds. The summed E-state index contributed by atoms with van der Waals surface area (Å²) in [5, 5.41) is 10.2. The van der Waals surface area contributed by atoms with Crippen molar-refractivity contribution in [2.24, 2.45) is 0 Å².